The van der Waals surface area contributed by atoms with Gasteiger partial charge >= 0.3 is 0 Å². The van der Waals surface area contributed by atoms with Gasteiger partial charge in [0.05, 0.1) is 11.7 Å². The van der Waals surface area contributed by atoms with Crippen LogP contribution in [0, 0.1) is 0 Å². The first-order chi connectivity index (χ1) is 17.9. The van der Waals surface area contributed by atoms with Crippen molar-refractivity contribution in [2.45, 2.75) is 56.0 Å². The summed E-state index contributed by atoms with van der Waals surface area (Å²) in [5.41, 5.74) is 8.58. The predicted molar refractivity (Wildman–Crippen MR) is 143 cm³/mol. The van der Waals surface area contributed by atoms with E-state index in [1.165, 1.54) is 0 Å². The maximum atomic E-state index is 13.4. The number of carbonyl (C=O) groups excluding carboxylic acids is 1. The number of carbonyl (C=O) groups is 2. The number of aromatic nitrogens is 2. The number of hydrogen-bond donors (Lipinski definition) is 3. The molecule has 0 radical (unpaired) electrons. The molecule has 0 atom stereocenters. The van der Waals surface area contributed by atoms with Crippen molar-refractivity contribution in [1.29, 1.82) is 0 Å². The van der Waals surface area contributed by atoms with Crippen LogP contribution in [0.25, 0.3) is 11.3 Å². The van der Waals surface area contributed by atoms with Gasteiger partial charge in [-0.1, -0.05) is 54.1 Å². The Morgan fingerprint density at radius 3 is 2.38 bits per heavy atom. The molecule has 0 unspecified atom stereocenters. The summed E-state index contributed by atoms with van der Waals surface area (Å²) in [6.45, 7) is 0.265. The molecule has 0 saturated heterocycles. The molecule has 2 saturated carbocycles. The van der Waals surface area contributed by atoms with Crippen molar-refractivity contribution in [3.05, 3.63) is 87.2 Å². The number of carboxylic acid groups (broad SMARTS) is 1. The molecule has 0 spiro atoms. The molecule has 2 aliphatic rings. The van der Waals surface area contributed by atoms with Crippen LogP contribution in [0.2, 0.25) is 5.02 Å². The molecule has 2 aliphatic carbocycles. The van der Waals surface area contributed by atoms with Gasteiger partial charge in [-0.25, -0.2) is 4.68 Å². The van der Waals surface area contributed by atoms with Crippen LogP contribution in [-0.2, 0) is 10.2 Å². The second-order valence-corrected chi connectivity index (χ2v) is 10.1. The van der Waals surface area contributed by atoms with E-state index >= 15 is 0 Å². The zero-order valence-corrected chi connectivity index (χ0v) is 21.2. The van der Waals surface area contributed by atoms with Crippen LogP contribution in [0.4, 0.5) is 0 Å². The summed E-state index contributed by atoms with van der Waals surface area (Å²) >= 11 is 6.26. The first kappa shape index (κ1) is 26.6. The Kier molecular flexibility index (Phi) is 8.41. The van der Waals surface area contributed by atoms with Gasteiger partial charge in [0.15, 0.2) is 0 Å². The van der Waals surface area contributed by atoms with E-state index in [0.717, 1.165) is 49.7 Å². The summed E-state index contributed by atoms with van der Waals surface area (Å²) in [4.78, 5) is 34.7. The quantitative estimate of drug-likeness (QED) is 0.417. The summed E-state index contributed by atoms with van der Waals surface area (Å²) in [5.74, 6) is -0.313. The topological polar surface area (TPSA) is 127 Å². The number of nitrogens with one attached hydrogen (secondary N) is 1. The molecule has 8 nitrogen and oxygen atoms in total. The lowest BCUT2D eigenvalue weighted by molar-refractivity contribution is -0.122. The molecule has 1 amide bonds. The smallest absolute Gasteiger partial charge is 0.290 e. The lowest BCUT2D eigenvalue weighted by Gasteiger charge is -2.40. The van der Waals surface area contributed by atoms with Gasteiger partial charge < -0.3 is 16.2 Å². The van der Waals surface area contributed by atoms with Gasteiger partial charge in [0, 0.05) is 28.6 Å². The number of rotatable bonds is 6. The second kappa shape index (κ2) is 11.7. The van der Waals surface area contributed by atoms with E-state index in [4.69, 9.17) is 32.3 Å². The van der Waals surface area contributed by atoms with Crippen molar-refractivity contribution in [2.75, 3.05) is 6.54 Å². The first-order valence-electron chi connectivity index (χ1n) is 12.4. The van der Waals surface area contributed by atoms with Crippen molar-refractivity contribution in [3.8, 4) is 11.3 Å². The van der Waals surface area contributed by atoms with Crippen molar-refractivity contribution in [1.82, 2.24) is 15.1 Å². The van der Waals surface area contributed by atoms with Gasteiger partial charge in [-0.2, -0.15) is 5.10 Å². The third-order valence-corrected chi connectivity index (χ3v) is 7.48. The maximum absolute atomic E-state index is 13.4. The lowest BCUT2D eigenvalue weighted by atomic mass is 9.68. The number of amides is 1. The zero-order chi connectivity index (χ0) is 26.4. The van der Waals surface area contributed by atoms with E-state index in [1.54, 1.807) is 10.7 Å². The highest BCUT2D eigenvalue weighted by molar-refractivity contribution is 6.30. The number of nitrogens with two attached hydrogens (primary N) is 1. The number of hydrogen-bond acceptors (Lipinski definition) is 5. The molecule has 194 valence electrons. The molecule has 0 aliphatic heterocycles. The zero-order valence-electron chi connectivity index (χ0n) is 20.5. The number of halogens is 1. The average molecular weight is 523 g/mol. The van der Waals surface area contributed by atoms with Gasteiger partial charge in [-0.05, 0) is 62.3 Å². The molecule has 2 fully saturated rings. The Morgan fingerprint density at radius 2 is 1.78 bits per heavy atom. The summed E-state index contributed by atoms with van der Waals surface area (Å²) in [5, 5.41) is 15.3. The Labute approximate surface area is 220 Å². The van der Waals surface area contributed by atoms with Crippen molar-refractivity contribution in [2.24, 2.45) is 5.73 Å². The van der Waals surface area contributed by atoms with Gasteiger partial charge in [-0.15, -0.1) is 0 Å². The van der Waals surface area contributed by atoms with E-state index in [0.29, 0.717) is 17.3 Å². The van der Waals surface area contributed by atoms with E-state index in [-0.39, 0.29) is 41.0 Å². The Morgan fingerprint density at radius 1 is 1.11 bits per heavy atom. The monoisotopic (exact) mass is 522 g/mol. The van der Waals surface area contributed by atoms with Crippen LogP contribution in [0.5, 0.6) is 0 Å². The van der Waals surface area contributed by atoms with Crippen LogP contribution in [0.15, 0.2) is 65.5 Å². The van der Waals surface area contributed by atoms with E-state index < -0.39 is 0 Å². The fourth-order valence-corrected chi connectivity index (χ4v) is 5.18. The summed E-state index contributed by atoms with van der Waals surface area (Å²) in [6.07, 6.45) is 5.06. The van der Waals surface area contributed by atoms with E-state index in [9.17, 15) is 9.59 Å². The van der Waals surface area contributed by atoms with Gasteiger partial charge in [0.2, 0.25) is 0 Å². The molecular formula is C28H31ClN4O4. The van der Waals surface area contributed by atoms with Gasteiger partial charge in [0.1, 0.15) is 5.56 Å². The fourth-order valence-electron chi connectivity index (χ4n) is 4.99. The highest BCUT2D eigenvalue weighted by Gasteiger charge is 2.37. The molecule has 5 rings (SSSR count). The van der Waals surface area contributed by atoms with Crippen LogP contribution < -0.4 is 16.6 Å². The largest absolute Gasteiger partial charge is 0.483 e. The molecule has 4 N–H and O–H groups in total. The maximum Gasteiger partial charge on any atom is 0.290 e. The minimum atomic E-state index is -0.328. The highest BCUT2D eigenvalue weighted by Crippen LogP contribution is 2.42. The van der Waals surface area contributed by atoms with Crippen LogP contribution in [0.3, 0.4) is 0 Å². The van der Waals surface area contributed by atoms with Crippen LogP contribution in [0.1, 0.15) is 60.5 Å². The van der Waals surface area contributed by atoms with E-state index in [2.05, 4.69) is 11.4 Å². The molecule has 1 aromatic heterocycles. The molecular weight excluding hydrogens is 492 g/mol. The second-order valence-electron chi connectivity index (χ2n) is 9.64. The molecule has 3 aromatic rings. The van der Waals surface area contributed by atoms with E-state index in [1.807, 2.05) is 48.5 Å². The Bertz CT molecular complexity index is 1300. The molecule has 37 heavy (non-hydrogen) atoms. The summed E-state index contributed by atoms with van der Waals surface area (Å²) < 4.78 is 1.54. The van der Waals surface area contributed by atoms with Crippen molar-refractivity contribution < 1.29 is 14.7 Å². The van der Waals surface area contributed by atoms with Crippen LogP contribution >= 0.6 is 11.6 Å². The standard InChI is InChI=1S/C27H29ClN4O2.CH2O2/c28-20-8-4-7-19(15-20)27(17-29)13-11-22(12-14-27)32-26(34)23(25(33)30-21-9-10-21)16-24(31-32)18-5-2-1-3-6-18;2-1-3/h1-8,15-16,21-22H,9-14,17,29H2,(H,30,33);1H,(H,2,3)/t22-,27-;. The van der Waals surface area contributed by atoms with Gasteiger partial charge in [-0.3, -0.25) is 14.4 Å². The Hall–Kier alpha value is -3.49. The fraction of sp³-hybridized carbons (Fsp3) is 0.357. The molecule has 9 heteroatoms. The van der Waals surface area contributed by atoms with Crippen molar-refractivity contribution >= 4 is 24.0 Å². The minimum absolute atomic E-state index is 0.0949. The normalized spacial score (nSPS) is 20.9. The predicted octanol–water partition coefficient (Wildman–Crippen LogP) is 4.17. The molecule has 0 bridgehead atoms. The van der Waals surface area contributed by atoms with Crippen LogP contribution in [-0.4, -0.2) is 39.9 Å². The Balaban J connectivity index is 0.00000102. The summed E-state index contributed by atoms with van der Waals surface area (Å²) in [7, 11) is 0. The summed E-state index contributed by atoms with van der Waals surface area (Å²) in [6, 6.07) is 19.3. The highest BCUT2D eigenvalue weighted by atomic mass is 35.5. The first-order valence-corrected chi connectivity index (χ1v) is 12.8. The number of benzene rings is 2. The van der Waals surface area contributed by atoms with Crippen molar-refractivity contribution in [3.63, 3.8) is 0 Å². The third kappa shape index (κ3) is 6.09. The third-order valence-electron chi connectivity index (χ3n) is 7.25. The minimum Gasteiger partial charge on any atom is -0.483 e. The lowest BCUT2D eigenvalue weighted by Crippen LogP contribution is -2.42. The molecule has 2 aromatic carbocycles. The average Bonchev–Trinajstić information content (AvgIpc) is 3.74. The number of nitrogens with zero attached hydrogens (tertiary/aromatic N) is 2. The van der Waals surface area contributed by atoms with Gasteiger partial charge in [0.25, 0.3) is 17.9 Å². The SMILES string of the molecule is NC[C@]1(c2cccc(Cl)c2)CC[C@H](n2nc(-c3ccccc3)cc(C(=O)NC3CC3)c2=O)CC1.O=CO. The molecule has 1 heterocycles.